The van der Waals surface area contributed by atoms with E-state index in [9.17, 15) is 45.6 Å². The van der Waals surface area contributed by atoms with Gasteiger partial charge in [-0.15, -0.1) is 0 Å². The van der Waals surface area contributed by atoms with Crippen molar-refractivity contribution in [2.45, 2.75) is 402 Å². The molecule has 2 aliphatic rings. The van der Waals surface area contributed by atoms with Crippen molar-refractivity contribution >= 4 is 5.91 Å². The van der Waals surface area contributed by atoms with E-state index < -0.39 is 86.8 Å². The number of carbonyl (C=O) groups is 1. The number of hydrogen-bond acceptors (Lipinski definition) is 13. The summed E-state index contributed by atoms with van der Waals surface area (Å²) in [5.74, 6) is -0.250. The van der Waals surface area contributed by atoms with E-state index in [0.717, 1.165) is 77.0 Å². The first kappa shape index (κ1) is 90.0. The number of hydrogen-bond donors (Lipinski definition) is 9. The number of unbranched alkanes of at least 4 members (excludes halogenated alkanes) is 39. The number of carbonyl (C=O) groups excluding carboxylic acids is 1. The van der Waals surface area contributed by atoms with Gasteiger partial charge in [-0.1, -0.05) is 329 Å². The van der Waals surface area contributed by atoms with Crippen LogP contribution in [0.15, 0.2) is 97.2 Å². The van der Waals surface area contributed by atoms with Crippen molar-refractivity contribution in [2.24, 2.45) is 0 Å². The van der Waals surface area contributed by atoms with Crippen LogP contribution in [0.3, 0.4) is 0 Å². The highest BCUT2D eigenvalue weighted by Gasteiger charge is 2.51. The van der Waals surface area contributed by atoms with Gasteiger partial charge in [-0.2, -0.15) is 0 Å². The minimum absolute atomic E-state index is 0.250. The molecule has 0 aromatic carbocycles. The van der Waals surface area contributed by atoms with Crippen molar-refractivity contribution in [1.29, 1.82) is 0 Å². The van der Waals surface area contributed by atoms with Gasteiger partial charge in [0, 0.05) is 6.42 Å². The van der Waals surface area contributed by atoms with E-state index in [-0.39, 0.29) is 18.9 Å². The molecule has 12 unspecified atom stereocenters. The summed E-state index contributed by atoms with van der Waals surface area (Å²) in [5, 5.41) is 87.6. The third kappa shape index (κ3) is 49.2. The molecule has 0 aliphatic carbocycles. The van der Waals surface area contributed by atoms with Crippen molar-refractivity contribution in [3.8, 4) is 0 Å². The van der Waals surface area contributed by atoms with Crippen LogP contribution in [-0.2, 0) is 23.7 Å². The van der Waals surface area contributed by atoms with Gasteiger partial charge in [0.15, 0.2) is 12.6 Å². The van der Waals surface area contributed by atoms with Gasteiger partial charge in [-0.25, -0.2) is 0 Å². The Bertz CT molecular complexity index is 2000. The van der Waals surface area contributed by atoms with Gasteiger partial charge >= 0.3 is 0 Å². The maximum absolute atomic E-state index is 13.4. The van der Waals surface area contributed by atoms with Crippen molar-refractivity contribution in [2.75, 3.05) is 19.8 Å². The van der Waals surface area contributed by atoms with Crippen LogP contribution in [0.25, 0.3) is 0 Å². The van der Waals surface area contributed by atoms with Crippen LogP contribution in [0.4, 0.5) is 0 Å². The summed E-state index contributed by atoms with van der Waals surface area (Å²) in [5.41, 5.74) is 0. The topological polar surface area (TPSA) is 228 Å². The van der Waals surface area contributed by atoms with Gasteiger partial charge in [-0.3, -0.25) is 4.79 Å². The third-order valence-corrected chi connectivity index (χ3v) is 19.0. The molecule has 0 spiro atoms. The average molecular weight is 1370 g/mol. The van der Waals surface area contributed by atoms with Gasteiger partial charge in [0.25, 0.3) is 0 Å². The molecule has 2 rings (SSSR count). The summed E-state index contributed by atoms with van der Waals surface area (Å²) < 4.78 is 22.9. The molecule has 14 heteroatoms. The quantitative estimate of drug-likeness (QED) is 0.0204. The molecule has 0 bridgehead atoms. The second-order valence-corrected chi connectivity index (χ2v) is 27.8. The Morgan fingerprint density at radius 1 is 0.381 bits per heavy atom. The van der Waals surface area contributed by atoms with Gasteiger partial charge in [0.1, 0.15) is 48.8 Å². The number of aliphatic hydroxyl groups excluding tert-OH is 8. The molecule has 2 fully saturated rings. The van der Waals surface area contributed by atoms with Crippen molar-refractivity contribution < 1.29 is 64.6 Å². The van der Waals surface area contributed by atoms with Gasteiger partial charge in [0.2, 0.25) is 5.91 Å². The number of allylic oxidation sites excluding steroid dienone is 15. The van der Waals surface area contributed by atoms with Crippen LogP contribution in [0.1, 0.15) is 328 Å². The van der Waals surface area contributed by atoms with Crippen molar-refractivity contribution in [1.82, 2.24) is 5.32 Å². The molecule has 1 amide bonds. The minimum atomic E-state index is -1.80. The first-order valence-corrected chi connectivity index (χ1v) is 40.0. The predicted octanol–water partition coefficient (Wildman–Crippen LogP) is 18.1. The Labute approximate surface area is 592 Å². The van der Waals surface area contributed by atoms with Gasteiger partial charge in [0.05, 0.1) is 32.0 Å². The highest BCUT2D eigenvalue weighted by Crippen LogP contribution is 2.30. The Kier molecular flexibility index (Phi) is 61.4. The largest absolute Gasteiger partial charge is 0.394 e. The molecule has 12 atom stereocenters. The standard InChI is InChI=1S/C83H147NO13/c1-3-5-7-9-11-13-15-17-19-21-23-25-27-29-31-32-33-34-35-36-37-38-39-40-41-43-45-47-49-51-53-55-57-59-61-63-65-67-75(88)84-71(70-94-82-80(93)78(91)81(74(69-86)96-82)97-83-79(92)77(90)76(89)73(68-85)95-83)72(87)66-64-62-60-58-56-54-52-50-48-46-44-42-30-28-26-24-22-20-18-16-14-12-10-8-6-4-2/h5,7,11,13,17,19,23,25,29,31,48,50,56,58,64,66,71-74,76-83,85-87,89-93H,3-4,6,8-10,12,14-16,18,20-22,24,26-28,30,32-47,49,51-55,57,59-63,65,67-70H2,1-2H3,(H,84,88)/b7-5-,13-11-,19-17-,25-23-,31-29-,50-48+,58-56+,66-64+. The first-order valence-electron chi connectivity index (χ1n) is 40.0. The van der Waals surface area contributed by atoms with Crippen molar-refractivity contribution in [3.05, 3.63) is 97.2 Å². The number of rotatable bonds is 66. The molecule has 2 aliphatic heterocycles. The summed E-state index contributed by atoms with van der Waals surface area (Å²) in [6, 6.07) is -0.943. The lowest BCUT2D eigenvalue weighted by molar-refractivity contribution is -0.359. The van der Waals surface area contributed by atoms with Gasteiger partial charge < -0.3 is 65.1 Å². The summed E-state index contributed by atoms with van der Waals surface area (Å²) in [4.78, 5) is 13.4. The predicted molar refractivity (Wildman–Crippen MR) is 401 cm³/mol. The van der Waals surface area contributed by atoms with E-state index >= 15 is 0 Å². The smallest absolute Gasteiger partial charge is 0.220 e. The highest BCUT2D eigenvalue weighted by molar-refractivity contribution is 5.76. The average Bonchev–Trinajstić information content (AvgIpc) is 0.794. The molecule has 562 valence electrons. The van der Waals surface area contributed by atoms with E-state index in [0.29, 0.717) is 12.8 Å². The number of nitrogens with one attached hydrogen (secondary N) is 1. The highest BCUT2D eigenvalue weighted by atomic mass is 16.7. The molecule has 0 aromatic heterocycles. The number of ether oxygens (including phenoxy) is 4. The molecule has 0 radical (unpaired) electrons. The Hall–Kier alpha value is -3.09. The summed E-state index contributed by atoms with van der Waals surface area (Å²) in [7, 11) is 0. The summed E-state index contributed by atoms with van der Waals surface area (Å²) >= 11 is 0. The maximum Gasteiger partial charge on any atom is 0.220 e. The van der Waals surface area contributed by atoms with Crippen LogP contribution in [0.2, 0.25) is 0 Å². The lowest BCUT2D eigenvalue weighted by atomic mass is 9.97. The first-order chi connectivity index (χ1) is 47.6. The van der Waals surface area contributed by atoms with Crippen LogP contribution in [0.5, 0.6) is 0 Å². The molecule has 2 saturated heterocycles. The number of amides is 1. The molecule has 9 N–H and O–H groups in total. The fraction of sp³-hybridized carbons (Fsp3) is 0.795. The van der Waals surface area contributed by atoms with Crippen molar-refractivity contribution in [3.63, 3.8) is 0 Å². The molecule has 2 heterocycles. The fourth-order valence-corrected chi connectivity index (χ4v) is 12.7. The van der Waals surface area contributed by atoms with E-state index in [1.807, 2.05) is 6.08 Å². The lowest BCUT2D eigenvalue weighted by Gasteiger charge is -2.46. The third-order valence-electron chi connectivity index (χ3n) is 19.0. The van der Waals surface area contributed by atoms with E-state index in [2.05, 4.69) is 104 Å². The zero-order valence-corrected chi connectivity index (χ0v) is 61.6. The Morgan fingerprint density at radius 2 is 0.722 bits per heavy atom. The van der Waals surface area contributed by atoms with E-state index in [4.69, 9.17) is 18.9 Å². The van der Waals surface area contributed by atoms with Gasteiger partial charge in [-0.05, 0) is 89.9 Å². The normalized spacial score (nSPS) is 22.7. The number of aliphatic hydroxyl groups is 8. The fourth-order valence-electron chi connectivity index (χ4n) is 12.7. The van der Waals surface area contributed by atoms with E-state index in [1.54, 1.807) is 6.08 Å². The van der Waals surface area contributed by atoms with E-state index in [1.165, 1.54) is 218 Å². The second-order valence-electron chi connectivity index (χ2n) is 27.8. The molecular formula is C83H147NO13. The molecule has 0 saturated carbocycles. The van der Waals surface area contributed by atoms with Crippen LogP contribution >= 0.6 is 0 Å². The molecule has 97 heavy (non-hydrogen) atoms. The summed E-state index contributed by atoms with van der Waals surface area (Å²) in [6.07, 6.45) is 77.8. The lowest BCUT2D eigenvalue weighted by Crippen LogP contribution is -2.65. The Balaban J connectivity index is 1.62. The second kappa shape index (κ2) is 66.2. The minimum Gasteiger partial charge on any atom is -0.394 e. The Morgan fingerprint density at radius 3 is 1.13 bits per heavy atom. The SMILES string of the molecule is CC/C=C\C/C=C\C/C=C\C/C=C\C/C=C\CCCCCCCCCCCCCCCCCCCCCCCC(=O)NC(COC1OC(CO)C(OC2OC(CO)C(O)C(O)C2O)C(O)C1O)C(O)/C=C/CC/C=C/CC/C=C/CCCCCCCCCCCCCCCCCC. The zero-order valence-electron chi connectivity index (χ0n) is 61.6. The van der Waals surface area contributed by atoms with Crippen LogP contribution in [0, 0.1) is 0 Å². The van der Waals surface area contributed by atoms with Crippen LogP contribution in [-0.4, -0.2) is 140 Å². The molecule has 14 nitrogen and oxygen atoms in total. The van der Waals surface area contributed by atoms with Crippen LogP contribution < -0.4 is 5.32 Å². The monoisotopic (exact) mass is 1370 g/mol. The summed E-state index contributed by atoms with van der Waals surface area (Å²) in [6.45, 7) is 2.70. The maximum atomic E-state index is 13.4. The molecule has 0 aromatic rings. The zero-order chi connectivity index (χ0) is 70.1. The molecular weight excluding hydrogens is 1220 g/mol.